The van der Waals surface area contributed by atoms with Crippen molar-refractivity contribution in [2.75, 3.05) is 0 Å². The molecule has 1 unspecified atom stereocenters. The monoisotopic (exact) mass is 296 g/mol. The number of benzene rings is 2. The Hall–Kier alpha value is -1.90. The molecule has 0 aromatic heterocycles. The molecule has 2 heteroatoms. The van der Waals surface area contributed by atoms with Gasteiger partial charge < -0.3 is 0 Å². The van der Waals surface area contributed by atoms with E-state index >= 15 is 0 Å². The van der Waals surface area contributed by atoms with Gasteiger partial charge in [0.15, 0.2) is 0 Å². The summed E-state index contributed by atoms with van der Waals surface area (Å²) in [6.45, 7) is 5.94. The summed E-state index contributed by atoms with van der Waals surface area (Å²) < 4.78 is 0. The Balaban J connectivity index is 2.03. The molecule has 0 aliphatic carbocycles. The van der Waals surface area contributed by atoms with Gasteiger partial charge in [0.05, 0.1) is 5.60 Å². The van der Waals surface area contributed by atoms with Crippen LogP contribution in [-0.2, 0) is 9.78 Å². The first-order chi connectivity index (χ1) is 10.5. The molecule has 0 heterocycles. The number of hydrogen-bond donors (Lipinski definition) is 0. The minimum absolute atomic E-state index is 0.111. The molecule has 2 nitrogen and oxygen atoms in total. The summed E-state index contributed by atoms with van der Waals surface area (Å²) >= 11 is 0. The molecule has 1 atom stereocenters. The topological polar surface area (TPSA) is 18.5 Å². The standard InChI is InChI=1S/C20H24O2/c1-20(2,3)22-21-19(18-14-8-5-9-15-18)16-10-13-17-11-6-4-7-12-17/h4-15,19H,16H2,1-3H3/b13-10+. The Morgan fingerprint density at radius 2 is 1.50 bits per heavy atom. The van der Waals surface area contributed by atoms with Gasteiger partial charge >= 0.3 is 0 Å². The molecule has 116 valence electrons. The molecule has 0 bridgehead atoms. The van der Waals surface area contributed by atoms with Gasteiger partial charge in [0.1, 0.15) is 6.10 Å². The SMILES string of the molecule is CC(C)(C)OOC(C/C=C/c1ccccc1)c1ccccc1. The molecule has 0 spiro atoms. The number of hydrogen-bond acceptors (Lipinski definition) is 2. The van der Waals surface area contributed by atoms with E-state index in [0.29, 0.717) is 0 Å². The third kappa shape index (κ3) is 5.84. The van der Waals surface area contributed by atoms with E-state index in [1.165, 1.54) is 5.56 Å². The lowest BCUT2D eigenvalue weighted by atomic mass is 10.1. The summed E-state index contributed by atoms with van der Waals surface area (Å²) in [6, 6.07) is 20.4. The van der Waals surface area contributed by atoms with E-state index in [-0.39, 0.29) is 11.7 Å². The van der Waals surface area contributed by atoms with Gasteiger partial charge in [0.25, 0.3) is 0 Å². The Bertz CT molecular complexity index is 568. The van der Waals surface area contributed by atoms with E-state index in [2.05, 4.69) is 36.4 Å². The lowest BCUT2D eigenvalue weighted by Gasteiger charge is -2.23. The Kier molecular flexibility index (Phi) is 5.93. The fourth-order valence-corrected chi connectivity index (χ4v) is 1.99. The molecule has 0 saturated heterocycles. The smallest absolute Gasteiger partial charge is 0.121 e. The van der Waals surface area contributed by atoms with Gasteiger partial charge in [0, 0.05) is 0 Å². The van der Waals surface area contributed by atoms with Crippen LogP contribution in [0.15, 0.2) is 66.7 Å². The van der Waals surface area contributed by atoms with Crippen LogP contribution >= 0.6 is 0 Å². The van der Waals surface area contributed by atoms with E-state index in [0.717, 1.165) is 12.0 Å². The first-order valence-electron chi connectivity index (χ1n) is 7.66. The van der Waals surface area contributed by atoms with Crippen LogP contribution in [0.2, 0.25) is 0 Å². The van der Waals surface area contributed by atoms with Crippen LogP contribution in [0, 0.1) is 0 Å². The highest BCUT2D eigenvalue weighted by Crippen LogP contribution is 2.24. The molecule has 0 amide bonds. The second kappa shape index (κ2) is 7.92. The van der Waals surface area contributed by atoms with E-state index in [1.54, 1.807) is 0 Å². The zero-order valence-electron chi connectivity index (χ0n) is 13.5. The van der Waals surface area contributed by atoms with Crippen molar-refractivity contribution >= 4 is 6.08 Å². The van der Waals surface area contributed by atoms with Gasteiger partial charge in [-0.15, -0.1) is 0 Å². The molecule has 0 N–H and O–H groups in total. The molecule has 2 aromatic rings. The minimum atomic E-state index is -0.323. The van der Waals surface area contributed by atoms with Gasteiger partial charge in [-0.3, -0.25) is 0 Å². The highest BCUT2D eigenvalue weighted by atomic mass is 17.2. The summed E-state index contributed by atoms with van der Waals surface area (Å²) in [5.41, 5.74) is 1.98. The quantitative estimate of drug-likeness (QED) is 0.512. The third-order valence-corrected chi connectivity index (χ3v) is 3.05. The zero-order valence-corrected chi connectivity index (χ0v) is 13.5. The maximum atomic E-state index is 5.68. The van der Waals surface area contributed by atoms with Crippen LogP contribution in [0.1, 0.15) is 44.4 Å². The fraction of sp³-hybridized carbons (Fsp3) is 0.300. The molecule has 0 saturated carbocycles. The van der Waals surface area contributed by atoms with Crippen LogP contribution in [0.25, 0.3) is 6.08 Å². The van der Waals surface area contributed by atoms with Gasteiger partial charge in [-0.2, -0.15) is 0 Å². The first kappa shape index (κ1) is 16.5. The van der Waals surface area contributed by atoms with Crippen LogP contribution in [0.3, 0.4) is 0 Å². The lowest BCUT2D eigenvalue weighted by molar-refractivity contribution is -0.375. The van der Waals surface area contributed by atoms with Crippen molar-refractivity contribution < 1.29 is 9.78 Å². The van der Waals surface area contributed by atoms with E-state index in [9.17, 15) is 0 Å². The van der Waals surface area contributed by atoms with E-state index < -0.39 is 0 Å². The molecular weight excluding hydrogens is 272 g/mol. The summed E-state index contributed by atoms with van der Waals surface area (Å²) in [4.78, 5) is 11.2. The Morgan fingerprint density at radius 3 is 2.09 bits per heavy atom. The van der Waals surface area contributed by atoms with Crippen LogP contribution in [0.4, 0.5) is 0 Å². The summed E-state index contributed by atoms with van der Waals surface area (Å²) in [5.74, 6) is 0. The largest absolute Gasteiger partial charge is 0.230 e. The normalized spacial score (nSPS) is 13.4. The van der Waals surface area contributed by atoms with Crippen LogP contribution in [-0.4, -0.2) is 5.60 Å². The summed E-state index contributed by atoms with van der Waals surface area (Å²) in [5, 5.41) is 0. The first-order valence-corrected chi connectivity index (χ1v) is 7.66. The summed E-state index contributed by atoms with van der Waals surface area (Å²) in [6.07, 6.45) is 4.88. The molecular formula is C20H24O2. The van der Waals surface area contributed by atoms with Crippen molar-refractivity contribution in [3.8, 4) is 0 Å². The van der Waals surface area contributed by atoms with Crippen LogP contribution in [0.5, 0.6) is 0 Å². The Labute approximate surface area is 133 Å². The van der Waals surface area contributed by atoms with E-state index in [1.807, 2.05) is 57.2 Å². The van der Waals surface area contributed by atoms with E-state index in [4.69, 9.17) is 9.78 Å². The molecule has 2 rings (SSSR count). The maximum Gasteiger partial charge on any atom is 0.121 e. The third-order valence-electron chi connectivity index (χ3n) is 3.05. The molecule has 0 aliphatic heterocycles. The van der Waals surface area contributed by atoms with Crippen molar-refractivity contribution in [2.45, 2.75) is 38.9 Å². The summed E-state index contributed by atoms with van der Waals surface area (Å²) in [7, 11) is 0. The zero-order chi connectivity index (χ0) is 15.8. The van der Waals surface area contributed by atoms with Crippen molar-refractivity contribution in [3.05, 3.63) is 77.9 Å². The van der Waals surface area contributed by atoms with Gasteiger partial charge in [-0.1, -0.05) is 72.8 Å². The maximum absolute atomic E-state index is 5.68. The molecule has 0 aliphatic rings. The predicted molar refractivity (Wildman–Crippen MR) is 91.2 cm³/mol. The number of rotatable bonds is 6. The predicted octanol–water partition coefficient (Wildman–Crippen LogP) is 5.58. The molecule has 2 aromatic carbocycles. The van der Waals surface area contributed by atoms with Crippen molar-refractivity contribution in [3.63, 3.8) is 0 Å². The highest BCUT2D eigenvalue weighted by Gasteiger charge is 2.17. The molecule has 0 radical (unpaired) electrons. The van der Waals surface area contributed by atoms with Crippen molar-refractivity contribution in [1.29, 1.82) is 0 Å². The van der Waals surface area contributed by atoms with Gasteiger partial charge in [-0.25, -0.2) is 9.78 Å². The van der Waals surface area contributed by atoms with Crippen molar-refractivity contribution in [1.82, 2.24) is 0 Å². The fourth-order valence-electron chi connectivity index (χ4n) is 1.99. The highest BCUT2D eigenvalue weighted by molar-refractivity contribution is 5.48. The average Bonchev–Trinajstić information content (AvgIpc) is 2.51. The second-order valence-electron chi connectivity index (χ2n) is 6.24. The van der Waals surface area contributed by atoms with Crippen LogP contribution < -0.4 is 0 Å². The molecule has 22 heavy (non-hydrogen) atoms. The Morgan fingerprint density at radius 1 is 0.909 bits per heavy atom. The van der Waals surface area contributed by atoms with Gasteiger partial charge in [0.2, 0.25) is 0 Å². The second-order valence-corrected chi connectivity index (χ2v) is 6.24. The molecule has 0 fully saturated rings. The minimum Gasteiger partial charge on any atom is -0.230 e. The van der Waals surface area contributed by atoms with Crippen molar-refractivity contribution in [2.24, 2.45) is 0 Å². The van der Waals surface area contributed by atoms with Gasteiger partial charge in [-0.05, 0) is 38.3 Å². The average molecular weight is 296 g/mol. The lowest BCUT2D eigenvalue weighted by Crippen LogP contribution is -2.21.